The van der Waals surface area contributed by atoms with Crippen molar-refractivity contribution in [3.8, 4) is 6.07 Å². The van der Waals surface area contributed by atoms with Crippen molar-refractivity contribution in [3.63, 3.8) is 0 Å². The van der Waals surface area contributed by atoms with E-state index >= 15 is 0 Å². The summed E-state index contributed by atoms with van der Waals surface area (Å²) >= 11 is 0. The van der Waals surface area contributed by atoms with Crippen LogP contribution < -0.4 is 10.6 Å². The van der Waals surface area contributed by atoms with Crippen LogP contribution in [0.5, 0.6) is 0 Å². The molecule has 7 heteroatoms. The van der Waals surface area contributed by atoms with Crippen molar-refractivity contribution in [3.05, 3.63) is 77.2 Å². The van der Waals surface area contributed by atoms with Crippen molar-refractivity contribution in [1.82, 2.24) is 5.32 Å². The maximum absolute atomic E-state index is 12.9. The van der Waals surface area contributed by atoms with Gasteiger partial charge in [0, 0.05) is 18.4 Å². The summed E-state index contributed by atoms with van der Waals surface area (Å²) in [6, 6.07) is 13.7. The third-order valence-electron chi connectivity index (χ3n) is 3.39. The Balaban J connectivity index is 1.94. The van der Waals surface area contributed by atoms with Crippen LogP contribution in [0.15, 0.2) is 60.3 Å². The summed E-state index contributed by atoms with van der Waals surface area (Å²) < 4.78 is 17.5. The van der Waals surface area contributed by atoms with Crippen LogP contribution in [0.25, 0.3) is 0 Å². The first-order valence-electron chi connectivity index (χ1n) is 7.61. The minimum atomic E-state index is -0.604. The number of rotatable bonds is 6. The van der Waals surface area contributed by atoms with E-state index in [2.05, 4.69) is 15.4 Å². The molecule has 0 fully saturated rings. The number of hydrogen-bond donors (Lipinski definition) is 2. The Morgan fingerprint density at radius 2 is 1.81 bits per heavy atom. The highest BCUT2D eigenvalue weighted by atomic mass is 19.1. The third-order valence-corrected chi connectivity index (χ3v) is 3.39. The number of anilines is 1. The van der Waals surface area contributed by atoms with Crippen LogP contribution in [0, 0.1) is 17.1 Å². The molecule has 2 aromatic carbocycles. The molecule has 2 aromatic rings. The zero-order valence-corrected chi connectivity index (χ0v) is 14.0. The lowest BCUT2D eigenvalue weighted by atomic mass is 10.1. The molecule has 0 aliphatic carbocycles. The second-order valence-corrected chi connectivity index (χ2v) is 5.20. The number of nitrogens with zero attached hydrogens (tertiary/aromatic N) is 1. The number of methoxy groups -OCH3 is 1. The minimum absolute atomic E-state index is 0.125. The lowest BCUT2D eigenvalue weighted by Gasteiger charge is -2.06. The summed E-state index contributed by atoms with van der Waals surface area (Å²) in [5.74, 6) is -1.44. The quantitative estimate of drug-likeness (QED) is 0.473. The molecule has 6 nitrogen and oxygen atoms in total. The van der Waals surface area contributed by atoms with E-state index in [9.17, 15) is 14.0 Å². The van der Waals surface area contributed by atoms with Gasteiger partial charge in [-0.15, -0.1) is 0 Å². The van der Waals surface area contributed by atoms with Gasteiger partial charge in [0.1, 0.15) is 17.5 Å². The van der Waals surface area contributed by atoms with E-state index in [1.54, 1.807) is 30.3 Å². The lowest BCUT2D eigenvalue weighted by Crippen LogP contribution is -2.16. The average molecular weight is 353 g/mol. The molecular formula is C19H16FN3O3. The Morgan fingerprint density at radius 3 is 2.38 bits per heavy atom. The fourth-order valence-corrected chi connectivity index (χ4v) is 2.03. The van der Waals surface area contributed by atoms with Crippen LogP contribution in [0.2, 0.25) is 0 Å². The molecule has 0 heterocycles. The second kappa shape index (κ2) is 8.99. The minimum Gasteiger partial charge on any atom is -0.465 e. The number of esters is 1. The van der Waals surface area contributed by atoms with Crippen molar-refractivity contribution in [2.45, 2.75) is 6.54 Å². The number of carbonyl (C=O) groups is 2. The van der Waals surface area contributed by atoms with Crippen molar-refractivity contribution < 1.29 is 18.7 Å². The largest absolute Gasteiger partial charge is 0.465 e. The van der Waals surface area contributed by atoms with Gasteiger partial charge < -0.3 is 15.4 Å². The van der Waals surface area contributed by atoms with Crippen molar-refractivity contribution in [1.29, 1.82) is 5.26 Å². The SMILES string of the molecule is COC(=O)c1ccc(CN/C=C(/C#N)C(=O)Nc2ccc(F)cc2)cc1. The van der Waals surface area contributed by atoms with Crippen LogP contribution in [-0.2, 0) is 16.1 Å². The smallest absolute Gasteiger partial charge is 0.337 e. The normalized spacial score (nSPS) is 10.6. The van der Waals surface area contributed by atoms with Gasteiger partial charge in [0.15, 0.2) is 0 Å². The van der Waals surface area contributed by atoms with Gasteiger partial charge in [0.05, 0.1) is 12.7 Å². The van der Waals surface area contributed by atoms with Gasteiger partial charge in [-0.25, -0.2) is 9.18 Å². The number of carbonyl (C=O) groups excluding carboxylic acids is 2. The molecule has 0 unspecified atom stereocenters. The molecule has 1 amide bonds. The van der Waals surface area contributed by atoms with E-state index < -0.39 is 17.7 Å². The molecule has 0 aliphatic rings. The molecule has 0 aliphatic heterocycles. The van der Waals surface area contributed by atoms with E-state index in [1.165, 1.54) is 37.6 Å². The molecule has 0 saturated carbocycles. The van der Waals surface area contributed by atoms with Gasteiger partial charge in [-0.1, -0.05) is 12.1 Å². The lowest BCUT2D eigenvalue weighted by molar-refractivity contribution is -0.112. The fraction of sp³-hybridized carbons (Fsp3) is 0.105. The highest BCUT2D eigenvalue weighted by molar-refractivity contribution is 6.06. The highest BCUT2D eigenvalue weighted by Gasteiger charge is 2.09. The number of ether oxygens (including phenoxy) is 1. The summed E-state index contributed by atoms with van der Waals surface area (Å²) in [6.45, 7) is 0.358. The van der Waals surface area contributed by atoms with E-state index in [0.29, 0.717) is 17.8 Å². The van der Waals surface area contributed by atoms with E-state index in [4.69, 9.17) is 5.26 Å². The molecule has 0 saturated heterocycles. The van der Waals surface area contributed by atoms with Gasteiger partial charge in [-0.2, -0.15) is 5.26 Å². The standard InChI is InChI=1S/C19H16FN3O3/c1-26-19(25)14-4-2-13(3-5-14)11-22-12-15(10-21)18(24)23-17-8-6-16(20)7-9-17/h2-9,12,22H,11H2,1H3,(H,23,24)/b15-12-. The van der Waals surface area contributed by atoms with Crippen molar-refractivity contribution in [2.24, 2.45) is 0 Å². The van der Waals surface area contributed by atoms with Crippen molar-refractivity contribution >= 4 is 17.6 Å². The van der Waals surface area contributed by atoms with Crippen LogP contribution in [0.3, 0.4) is 0 Å². The first kappa shape index (κ1) is 18.7. The number of benzene rings is 2. The number of amides is 1. The van der Waals surface area contributed by atoms with E-state index in [0.717, 1.165) is 5.56 Å². The monoisotopic (exact) mass is 353 g/mol. The zero-order chi connectivity index (χ0) is 18.9. The fourth-order valence-electron chi connectivity index (χ4n) is 2.03. The second-order valence-electron chi connectivity index (χ2n) is 5.20. The molecule has 2 rings (SSSR count). The van der Waals surface area contributed by atoms with Gasteiger partial charge in [0.25, 0.3) is 5.91 Å². The zero-order valence-electron chi connectivity index (χ0n) is 14.0. The number of hydrogen-bond acceptors (Lipinski definition) is 5. The predicted octanol–water partition coefficient (Wildman–Crippen LogP) is 2.75. The third kappa shape index (κ3) is 5.18. The highest BCUT2D eigenvalue weighted by Crippen LogP contribution is 2.10. The Hall–Kier alpha value is -3.66. The van der Waals surface area contributed by atoms with Crippen LogP contribution in [-0.4, -0.2) is 19.0 Å². The van der Waals surface area contributed by atoms with Crippen molar-refractivity contribution in [2.75, 3.05) is 12.4 Å². The average Bonchev–Trinajstić information content (AvgIpc) is 2.66. The molecule has 26 heavy (non-hydrogen) atoms. The molecule has 132 valence electrons. The van der Waals surface area contributed by atoms with Gasteiger partial charge in [-0.05, 0) is 42.0 Å². The molecule has 0 radical (unpaired) electrons. The molecule has 0 spiro atoms. The number of nitriles is 1. The van der Waals surface area contributed by atoms with E-state index in [1.807, 2.05) is 0 Å². The predicted molar refractivity (Wildman–Crippen MR) is 93.3 cm³/mol. The van der Waals surface area contributed by atoms with Gasteiger partial charge >= 0.3 is 5.97 Å². The number of halogens is 1. The Morgan fingerprint density at radius 1 is 1.15 bits per heavy atom. The van der Waals surface area contributed by atoms with E-state index in [-0.39, 0.29) is 5.57 Å². The Kier molecular flexibility index (Phi) is 6.46. The first-order valence-corrected chi connectivity index (χ1v) is 7.61. The number of nitrogens with one attached hydrogen (secondary N) is 2. The summed E-state index contributed by atoms with van der Waals surface area (Å²) in [7, 11) is 1.31. The summed E-state index contributed by atoms with van der Waals surface area (Å²) in [6.07, 6.45) is 1.30. The van der Waals surface area contributed by atoms with Gasteiger partial charge in [0.2, 0.25) is 0 Å². The summed E-state index contributed by atoms with van der Waals surface area (Å²) in [5.41, 5.74) is 1.55. The molecular weight excluding hydrogens is 337 g/mol. The summed E-state index contributed by atoms with van der Waals surface area (Å²) in [5, 5.41) is 14.5. The molecule has 0 bridgehead atoms. The first-order chi connectivity index (χ1) is 12.5. The molecule has 2 N–H and O–H groups in total. The van der Waals surface area contributed by atoms with Crippen LogP contribution in [0.4, 0.5) is 10.1 Å². The topological polar surface area (TPSA) is 91.2 Å². The molecule has 0 aromatic heterocycles. The Bertz CT molecular complexity index is 853. The molecule has 0 atom stereocenters. The van der Waals surface area contributed by atoms with Crippen LogP contribution in [0.1, 0.15) is 15.9 Å². The van der Waals surface area contributed by atoms with Gasteiger partial charge in [-0.3, -0.25) is 4.79 Å². The Labute approximate surface area is 149 Å². The summed E-state index contributed by atoms with van der Waals surface area (Å²) in [4.78, 5) is 23.4. The maximum Gasteiger partial charge on any atom is 0.337 e. The van der Waals surface area contributed by atoms with Crippen LogP contribution >= 0.6 is 0 Å². The maximum atomic E-state index is 12.9.